The van der Waals surface area contributed by atoms with E-state index in [1.165, 1.54) is 36.0 Å². The summed E-state index contributed by atoms with van der Waals surface area (Å²) in [5.74, 6) is -0.171. The van der Waals surface area contributed by atoms with Crippen LogP contribution in [0.1, 0.15) is 70.6 Å². The highest BCUT2D eigenvalue weighted by molar-refractivity contribution is 5.72. The first kappa shape index (κ1) is 20.2. The maximum absolute atomic E-state index is 12.0. The number of hydrogen-bond donors (Lipinski definition) is 0. The standard InChI is InChI=1S/C24H32O2/c1-5-7-8-9-20-10-12-22(13-11-20)23-16-14-21(15-17-23)19(4)26-24(25)18(3)6-2/h10-19H,5-9H2,1-4H3. The fraction of sp³-hybridized carbons (Fsp3) is 0.458. The lowest BCUT2D eigenvalue weighted by Gasteiger charge is -2.16. The molecule has 0 radical (unpaired) electrons. The van der Waals surface area contributed by atoms with Gasteiger partial charge in [-0.05, 0) is 48.4 Å². The quantitative estimate of drug-likeness (QED) is 0.369. The fourth-order valence-corrected chi connectivity index (χ4v) is 2.91. The summed E-state index contributed by atoms with van der Waals surface area (Å²) in [6, 6.07) is 17.2. The third-order valence-corrected chi connectivity index (χ3v) is 5.04. The minimum absolute atomic E-state index is 0.0486. The molecular weight excluding hydrogens is 320 g/mol. The third kappa shape index (κ3) is 5.72. The van der Waals surface area contributed by atoms with Crippen molar-refractivity contribution in [2.24, 2.45) is 5.92 Å². The van der Waals surface area contributed by atoms with E-state index in [4.69, 9.17) is 4.74 Å². The van der Waals surface area contributed by atoms with Crippen LogP contribution in [0.15, 0.2) is 48.5 Å². The predicted molar refractivity (Wildman–Crippen MR) is 109 cm³/mol. The van der Waals surface area contributed by atoms with E-state index < -0.39 is 0 Å². The number of hydrogen-bond acceptors (Lipinski definition) is 2. The molecule has 2 unspecified atom stereocenters. The molecule has 0 amide bonds. The molecule has 2 aromatic rings. The van der Waals surface area contributed by atoms with Crippen LogP contribution >= 0.6 is 0 Å². The van der Waals surface area contributed by atoms with E-state index in [2.05, 4.69) is 55.5 Å². The van der Waals surface area contributed by atoms with E-state index in [0.717, 1.165) is 18.4 Å². The Labute approximate surface area is 158 Å². The van der Waals surface area contributed by atoms with Crippen molar-refractivity contribution < 1.29 is 9.53 Å². The summed E-state index contributed by atoms with van der Waals surface area (Å²) < 4.78 is 5.56. The Morgan fingerprint density at radius 3 is 2.00 bits per heavy atom. The molecule has 0 fully saturated rings. The Morgan fingerprint density at radius 2 is 1.46 bits per heavy atom. The van der Waals surface area contributed by atoms with Gasteiger partial charge in [-0.1, -0.05) is 82.1 Å². The second kappa shape index (κ2) is 10.2. The first-order valence-corrected chi connectivity index (χ1v) is 9.94. The molecule has 140 valence electrons. The number of ether oxygens (including phenoxy) is 1. The number of carbonyl (C=O) groups excluding carboxylic acids is 1. The van der Waals surface area contributed by atoms with Crippen LogP contribution in [0.25, 0.3) is 11.1 Å². The van der Waals surface area contributed by atoms with Crippen LogP contribution in [0.2, 0.25) is 0 Å². The lowest BCUT2D eigenvalue weighted by atomic mass is 9.99. The van der Waals surface area contributed by atoms with Crippen molar-refractivity contribution in [3.8, 4) is 11.1 Å². The van der Waals surface area contributed by atoms with E-state index in [1.54, 1.807) is 0 Å². The van der Waals surface area contributed by atoms with Crippen molar-refractivity contribution in [2.75, 3.05) is 0 Å². The van der Waals surface area contributed by atoms with Crippen LogP contribution in [-0.2, 0) is 16.0 Å². The average molecular weight is 353 g/mol. The van der Waals surface area contributed by atoms with E-state index in [9.17, 15) is 4.79 Å². The molecule has 0 saturated heterocycles. The largest absolute Gasteiger partial charge is 0.458 e. The number of benzene rings is 2. The molecule has 2 heteroatoms. The van der Waals surface area contributed by atoms with E-state index in [-0.39, 0.29) is 18.0 Å². The lowest BCUT2D eigenvalue weighted by molar-refractivity contribution is -0.153. The molecule has 2 nitrogen and oxygen atoms in total. The summed E-state index contributed by atoms with van der Waals surface area (Å²) in [5.41, 5.74) is 4.85. The number of esters is 1. The Morgan fingerprint density at radius 1 is 0.885 bits per heavy atom. The summed E-state index contributed by atoms with van der Waals surface area (Å²) in [6.07, 6.45) is 5.56. The summed E-state index contributed by atoms with van der Waals surface area (Å²) in [7, 11) is 0. The van der Waals surface area contributed by atoms with Crippen LogP contribution in [0.4, 0.5) is 0 Å². The van der Waals surface area contributed by atoms with Crippen LogP contribution in [0, 0.1) is 5.92 Å². The topological polar surface area (TPSA) is 26.3 Å². The van der Waals surface area contributed by atoms with Gasteiger partial charge in [0.15, 0.2) is 0 Å². The van der Waals surface area contributed by atoms with Crippen molar-refractivity contribution in [1.82, 2.24) is 0 Å². The molecule has 0 saturated carbocycles. The fourth-order valence-electron chi connectivity index (χ4n) is 2.91. The Balaban J connectivity index is 1.99. The maximum atomic E-state index is 12.0. The van der Waals surface area contributed by atoms with Gasteiger partial charge in [0, 0.05) is 0 Å². The van der Waals surface area contributed by atoms with Crippen molar-refractivity contribution in [3.63, 3.8) is 0 Å². The molecule has 0 aliphatic rings. The van der Waals surface area contributed by atoms with Gasteiger partial charge in [0.25, 0.3) is 0 Å². The molecule has 26 heavy (non-hydrogen) atoms. The van der Waals surface area contributed by atoms with E-state index >= 15 is 0 Å². The Bertz CT molecular complexity index is 670. The van der Waals surface area contributed by atoms with Gasteiger partial charge >= 0.3 is 5.97 Å². The van der Waals surface area contributed by atoms with Gasteiger partial charge in [0.1, 0.15) is 6.10 Å². The van der Waals surface area contributed by atoms with Crippen LogP contribution < -0.4 is 0 Å². The number of rotatable bonds is 9. The van der Waals surface area contributed by atoms with Crippen molar-refractivity contribution in [2.45, 2.75) is 65.9 Å². The Kier molecular flexibility index (Phi) is 7.90. The van der Waals surface area contributed by atoms with Crippen LogP contribution in [-0.4, -0.2) is 5.97 Å². The zero-order valence-corrected chi connectivity index (χ0v) is 16.6. The monoisotopic (exact) mass is 352 g/mol. The Hall–Kier alpha value is -2.09. The minimum atomic E-state index is -0.216. The highest BCUT2D eigenvalue weighted by Gasteiger charge is 2.16. The molecule has 0 aliphatic carbocycles. The molecule has 0 bridgehead atoms. The SMILES string of the molecule is CCCCCc1ccc(-c2ccc(C(C)OC(=O)C(C)CC)cc2)cc1. The first-order chi connectivity index (χ1) is 12.5. The smallest absolute Gasteiger partial charge is 0.309 e. The lowest BCUT2D eigenvalue weighted by Crippen LogP contribution is -2.16. The molecule has 0 aromatic heterocycles. The highest BCUT2D eigenvalue weighted by Crippen LogP contribution is 2.25. The molecule has 0 aliphatic heterocycles. The summed E-state index contributed by atoms with van der Waals surface area (Å²) >= 11 is 0. The van der Waals surface area contributed by atoms with Crippen molar-refractivity contribution >= 4 is 5.97 Å². The van der Waals surface area contributed by atoms with Crippen LogP contribution in [0.3, 0.4) is 0 Å². The molecule has 0 spiro atoms. The molecule has 2 atom stereocenters. The normalized spacial score (nSPS) is 13.2. The second-order valence-corrected chi connectivity index (χ2v) is 7.16. The van der Waals surface area contributed by atoms with Crippen molar-refractivity contribution in [1.29, 1.82) is 0 Å². The second-order valence-electron chi connectivity index (χ2n) is 7.16. The summed E-state index contributed by atoms with van der Waals surface area (Å²) in [4.78, 5) is 12.0. The van der Waals surface area contributed by atoms with Gasteiger partial charge in [0.2, 0.25) is 0 Å². The summed E-state index contributed by atoms with van der Waals surface area (Å²) in [5, 5.41) is 0. The van der Waals surface area contributed by atoms with Gasteiger partial charge in [-0.3, -0.25) is 4.79 Å². The molecule has 2 rings (SSSR count). The van der Waals surface area contributed by atoms with Gasteiger partial charge in [-0.15, -0.1) is 0 Å². The van der Waals surface area contributed by atoms with Crippen LogP contribution in [0.5, 0.6) is 0 Å². The molecule has 0 heterocycles. The number of unbranched alkanes of at least 4 members (excludes halogenated alkanes) is 2. The van der Waals surface area contributed by atoms with Gasteiger partial charge in [-0.2, -0.15) is 0 Å². The molecular formula is C24H32O2. The average Bonchev–Trinajstić information content (AvgIpc) is 2.68. The zero-order valence-electron chi connectivity index (χ0n) is 16.6. The predicted octanol–water partition coefficient (Wildman–Crippen LogP) is 6.74. The summed E-state index contributed by atoms with van der Waals surface area (Å²) in [6.45, 7) is 8.07. The highest BCUT2D eigenvalue weighted by atomic mass is 16.5. The number of carbonyl (C=O) groups is 1. The van der Waals surface area contributed by atoms with Gasteiger partial charge < -0.3 is 4.74 Å². The van der Waals surface area contributed by atoms with Gasteiger partial charge in [0.05, 0.1) is 5.92 Å². The molecule has 2 aromatic carbocycles. The molecule has 0 N–H and O–H groups in total. The first-order valence-electron chi connectivity index (χ1n) is 9.94. The van der Waals surface area contributed by atoms with E-state index in [1.807, 2.05) is 20.8 Å². The zero-order chi connectivity index (χ0) is 18.9. The maximum Gasteiger partial charge on any atom is 0.309 e. The minimum Gasteiger partial charge on any atom is -0.458 e. The third-order valence-electron chi connectivity index (χ3n) is 5.04. The van der Waals surface area contributed by atoms with Gasteiger partial charge in [-0.25, -0.2) is 0 Å². The van der Waals surface area contributed by atoms with E-state index in [0.29, 0.717) is 0 Å². The number of aryl methyl sites for hydroxylation is 1. The van der Waals surface area contributed by atoms with Crippen molar-refractivity contribution in [3.05, 3.63) is 59.7 Å².